The van der Waals surface area contributed by atoms with E-state index < -0.39 is 0 Å². The van der Waals surface area contributed by atoms with Crippen molar-refractivity contribution in [3.63, 3.8) is 0 Å². The second-order valence-corrected chi connectivity index (χ2v) is 7.02. The molecule has 0 unspecified atom stereocenters. The Bertz CT molecular complexity index is 846. The van der Waals surface area contributed by atoms with Crippen molar-refractivity contribution in [1.29, 1.82) is 0 Å². The van der Waals surface area contributed by atoms with Crippen LogP contribution in [0.2, 0.25) is 0 Å². The maximum absolute atomic E-state index is 12.3. The number of furan rings is 1. The SMILES string of the molecule is O=C(Cc1cn2ccsc2n1)NC1CCN(C(=O)c2ccoc2)CC1. The summed E-state index contributed by atoms with van der Waals surface area (Å²) < 4.78 is 6.89. The third-order valence-electron chi connectivity index (χ3n) is 4.40. The van der Waals surface area contributed by atoms with Gasteiger partial charge in [-0.2, -0.15) is 0 Å². The van der Waals surface area contributed by atoms with Gasteiger partial charge in [-0.05, 0) is 18.9 Å². The minimum Gasteiger partial charge on any atom is -0.472 e. The van der Waals surface area contributed by atoms with Crippen LogP contribution in [0.1, 0.15) is 28.9 Å². The quantitative estimate of drug-likeness (QED) is 0.773. The Hall–Kier alpha value is -2.61. The smallest absolute Gasteiger partial charge is 0.257 e. The number of imidazole rings is 1. The molecule has 1 N–H and O–H groups in total. The first-order chi connectivity index (χ1) is 12.2. The van der Waals surface area contributed by atoms with Crippen LogP contribution in [0, 0.1) is 0 Å². The first-order valence-electron chi connectivity index (χ1n) is 8.21. The van der Waals surface area contributed by atoms with Gasteiger partial charge in [0.05, 0.1) is 23.9 Å². The molecule has 8 heteroatoms. The van der Waals surface area contributed by atoms with Crippen molar-refractivity contribution in [3.05, 3.63) is 47.6 Å². The fourth-order valence-corrected chi connectivity index (χ4v) is 3.82. The molecule has 130 valence electrons. The molecular formula is C17H18N4O3S. The van der Waals surface area contributed by atoms with E-state index in [-0.39, 0.29) is 24.3 Å². The number of hydrogen-bond acceptors (Lipinski definition) is 5. The van der Waals surface area contributed by atoms with Crippen LogP contribution in [0.25, 0.3) is 4.96 Å². The topological polar surface area (TPSA) is 79.9 Å². The number of carbonyl (C=O) groups is 2. The molecule has 0 aromatic carbocycles. The fraction of sp³-hybridized carbons (Fsp3) is 0.353. The summed E-state index contributed by atoms with van der Waals surface area (Å²) in [6, 6.07) is 1.77. The monoisotopic (exact) mass is 358 g/mol. The van der Waals surface area contributed by atoms with Crippen LogP contribution in [-0.2, 0) is 11.2 Å². The van der Waals surface area contributed by atoms with Crippen molar-refractivity contribution < 1.29 is 14.0 Å². The molecule has 0 bridgehead atoms. The minimum absolute atomic E-state index is 0.0170. The maximum Gasteiger partial charge on any atom is 0.257 e. The van der Waals surface area contributed by atoms with Crippen LogP contribution in [0.5, 0.6) is 0 Å². The summed E-state index contributed by atoms with van der Waals surface area (Å²) in [4.78, 5) is 31.6. The van der Waals surface area contributed by atoms with Gasteiger partial charge in [0.2, 0.25) is 5.91 Å². The van der Waals surface area contributed by atoms with Crippen LogP contribution >= 0.6 is 11.3 Å². The largest absolute Gasteiger partial charge is 0.472 e. The zero-order valence-electron chi connectivity index (χ0n) is 13.6. The lowest BCUT2D eigenvalue weighted by molar-refractivity contribution is -0.121. The van der Waals surface area contributed by atoms with Crippen LogP contribution in [0.15, 0.2) is 40.8 Å². The molecule has 25 heavy (non-hydrogen) atoms. The van der Waals surface area contributed by atoms with Gasteiger partial charge in [0.1, 0.15) is 6.26 Å². The number of fused-ring (bicyclic) bond motifs is 1. The highest BCUT2D eigenvalue weighted by molar-refractivity contribution is 7.15. The van der Waals surface area contributed by atoms with E-state index in [1.165, 1.54) is 12.5 Å². The Morgan fingerprint density at radius 2 is 2.20 bits per heavy atom. The normalized spacial score (nSPS) is 15.6. The standard InChI is InChI=1S/C17H18N4O3S/c22-15(9-14-10-21-6-8-25-17(21)19-14)18-13-1-4-20(5-2-13)16(23)12-3-7-24-11-12/h3,6-8,10-11,13H,1-2,4-5,9H2,(H,18,22). The van der Waals surface area contributed by atoms with Crippen LogP contribution < -0.4 is 5.32 Å². The lowest BCUT2D eigenvalue weighted by atomic mass is 10.0. The van der Waals surface area contributed by atoms with Gasteiger partial charge in [0.25, 0.3) is 5.91 Å². The molecule has 0 atom stereocenters. The molecule has 3 aromatic heterocycles. The van der Waals surface area contributed by atoms with Crippen molar-refractivity contribution in [1.82, 2.24) is 19.6 Å². The number of thiazole rings is 1. The first kappa shape index (κ1) is 15.9. The predicted molar refractivity (Wildman–Crippen MR) is 92.5 cm³/mol. The molecule has 0 aliphatic carbocycles. The molecule has 1 saturated heterocycles. The number of nitrogens with one attached hydrogen (secondary N) is 1. The van der Waals surface area contributed by atoms with Gasteiger partial charge in [-0.1, -0.05) is 0 Å². The second kappa shape index (κ2) is 6.72. The number of hydrogen-bond donors (Lipinski definition) is 1. The van der Waals surface area contributed by atoms with Gasteiger partial charge in [-0.25, -0.2) is 4.98 Å². The molecule has 0 radical (unpaired) electrons. The van der Waals surface area contributed by atoms with Crippen molar-refractivity contribution in [2.75, 3.05) is 13.1 Å². The molecule has 1 aliphatic rings. The van der Waals surface area contributed by atoms with E-state index >= 15 is 0 Å². The number of rotatable bonds is 4. The van der Waals surface area contributed by atoms with Gasteiger partial charge in [-0.15, -0.1) is 11.3 Å². The Morgan fingerprint density at radius 3 is 2.92 bits per heavy atom. The summed E-state index contributed by atoms with van der Waals surface area (Å²) >= 11 is 1.55. The Balaban J connectivity index is 1.27. The van der Waals surface area contributed by atoms with E-state index in [4.69, 9.17) is 4.42 Å². The predicted octanol–water partition coefficient (Wildman–Crippen LogP) is 1.95. The molecule has 4 rings (SSSR count). The molecule has 0 saturated carbocycles. The van der Waals surface area contributed by atoms with Gasteiger partial charge in [0.15, 0.2) is 4.96 Å². The Kier molecular flexibility index (Phi) is 4.27. The highest BCUT2D eigenvalue weighted by atomic mass is 32.1. The molecule has 3 aromatic rings. The van der Waals surface area contributed by atoms with Crippen LogP contribution in [0.3, 0.4) is 0 Å². The van der Waals surface area contributed by atoms with Crippen molar-refractivity contribution in [3.8, 4) is 0 Å². The number of aromatic nitrogens is 2. The van der Waals surface area contributed by atoms with Crippen molar-refractivity contribution in [2.24, 2.45) is 0 Å². The number of carbonyl (C=O) groups excluding carboxylic acids is 2. The molecular weight excluding hydrogens is 340 g/mol. The summed E-state index contributed by atoms with van der Waals surface area (Å²) in [5.41, 5.74) is 1.35. The van der Waals surface area contributed by atoms with Crippen molar-refractivity contribution >= 4 is 28.1 Å². The van der Waals surface area contributed by atoms with E-state index in [2.05, 4.69) is 10.3 Å². The molecule has 7 nitrogen and oxygen atoms in total. The Morgan fingerprint density at radius 1 is 1.36 bits per heavy atom. The van der Waals surface area contributed by atoms with E-state index in [0.29, 0.717) is 18.7 Å². The van der Waals surface area contributed by atoms with Gasteiger partial charge in [0, 0.05) is 36.9 Å². The first-order valence-corrected chi connectivity index (χ1v) is 9.09. The van der Waals surface area contributed by atoms with Crippen LogP contribution in [-0.4, -0.2) is 45.2 Å². The summed E-state index contributed by atoms with van der Waals surface area (Å²) in [5.74, 6) is -0.0398. The van der Waals surface area contributed by atoms with Gasteiger partial charge in [-0.3, -0.25) is 14.0 Å². The van der Waals surface area contributed by atoms with Gasteiger partial charge >= 0.3 is 0 Å². The van der Waals surface area contributed by atoms with E-state index in [1.54, 1.807) is 22.3 Å². The van der Waals surface area contributed by atoms with E-state index in [0.717, 1.165) is 23.5 Å². The number of likely N-dealkylation sites (tertiary alicyclic amines) is 1. The van der Waals surface area contributed by atoms with Crippen molar-refractivity contribution in [2.45, 2.75) is 25.3 Å². The fourth-order valence-electron chi connectivity index (χ4n) is 3.10. The number of amides is 2. The highest BCUT2D eigenvalue weighted by Crippen LogP contribution is 2.15. The minimum atomic E-state index is -0.0228. The third-order valence-corrected chi connectivity index (χ3v) is 5.17. The van der Waals surface area contributed by atoms with E-state index in [1.807, 2.05) is 22.2 Å². The molecule has 0 spiro atoms. The average Bonchev–Trinajstić information content (AvgIpc) is 3.32. The highest BCUT2D eigenvalue weighted by Gasteiger charge is 2.25. The summed E-state index contributed by atoms with van der Waals surface area (Å²) in [7, 11) is 0. The zero-order valence-corrected chi connectivity index (χ0v) is 14.4. The zero-order chi connectivity index (χ0) is 17.2. The third kappa shape index (κ3) is 3.43. The van der Waals surface area contributed by atoms with Crippen LogP contribution in [0.4, 0.5) is 0 Å². The Labute approximate surface area is 148 Å². The van der Waals surface area contributed by atoms with Gasteiger partial charge < -0.3 is 14.6 Å². The molecule has 4 heterocycles. The summed E-state index contributed by atoms with van der Waals surface area (Å²) in [5, 5.41) is 5.02. The lowest BCUT2D eigenvalue weighted by Gasteiger charge is -2.32. The summed E-state index contributed by atoms with van der Waals surface area (Å²) in [6.45, 7) is 1.27. The second-order valence-electron chi connectivity index (χ2n) is 6.15. The number of piperidine rings is 1. The number of nitrogens with zero attached hydrogens (tertiary/aromatic N) is 3. The summed E-state index contributed by atoms with van der Waals surface area (Å²) in [6.07, 6.45) is 8.58. The molecule has 2 amide bonds. The lowest BCUT2D eigenvalue weighted by Crippen LogP contribution is -2.46. The molecule has 1 fully saturated rings. The maximum atomic E-state index is 12.3. The molecule has 1 aliphatic heterocycles. The average molecular weight is 358 g/mol. The van der Waals surface area contributed by atoms with E-state index in [9.17, 15) is 9.59 Å².